The van der Waals surface area contributed by atoms with Crippen LogP contribution in [-0.4, -0.2) is 167 Å². The van der Waals surface area contributed by atoms with Gasteiger partial charge in [-0.15, -0.1) is 0 Å². The van der Waals surface area contributed by atoms with Gasteiger partial charge in [-0.2, -0.15) is 0 Å². The van der Waals surface area contributed by atoms with Crippen molar-refractivity contribution in [3.63, 3.8) is 0 Å². The Morgan fingerprint density at radius 3 is 0.674 bits per heavy atom. The summed E-state index contributed by atoms with van der Waals surface area (Å²) in [5.41, 5.74) is -22.3. The molecule has 0 spiro atoms. The number of carbonyl (C=O) groups is 12. The molecule has 6 rings (SSSR count). The molecule has 0 bridgehead atoms. The van der Waals surface area contributed by atoms with Crippen LogP contribution in [0.2, 0.25) is 0 Å². The summed E-state index contributed by atoms with van der Waals surface area (Å²) in [6.45, 7) is 0. The van der Waals surface area contributed by atoms with Gasteiger partial charge in [0.05, 0.1) is 99.3 Å². The van der Waals surface area contributed by atoms with E-state index in [1.165, 1.54) is 4.72 Å². The predicted molar refractivity (Wildman–Crippen MR) is 276 cm³/mol. The van der Waals surface area contributed by atoms with Crippen molar-refractivity contribution < 1.29 is 152 Å². The predicted octanol–water partition coefficient (Wildman–Crippen LogP) is 2.42. The summed E-state index contributed by atoms with van der Waals surface area (Å²) in [4.78, 5) is 139. The molecule has 0 saturated heterocycles. The van der Waals surface area contributed by atoms with Gasteiger partial charge in [0.1, 0.15) is 9.79 Å². The first-order valence-electron chi connectivity index (χ1n) is 21.8. The molecular weight excluding hydrogens is 1250 g/mol. The lowest BCUT2D eigenvalue weighted by atomic mass is 10.00. The maximum absolute atomic E-state index is 14.8. The summed E-state index contributed by atoms with van der Waals surface area (Å²) >= 11 is 0. The zero-order valence-corrected chi connectivity index (χ0v) is 44.4. The van der Waals surface area contributed by atoms with Gasteiger partial charge in [-0.05, 0) is 78.2 Å². The quantitative estimate of drug-likeness (QED) is 0.0414. The van der Waals surface area contributed by atoms with Crippen molar-refractivity contribution >= 4 is 145 Å². The standard InChI is InChI=1S/C46H28N4O32S4/c51-35(52)20-3-14(4-21(36(53)54)31(20)43(67)68)47-83(75,76)18-1-13-2-29(85(79,80)49-16-7-24(39(59)60)33(45(71)72)25(8-16)40(61)62)30(86(81,82)50-17-9-26(41(63)64)34(46(73)74)27(10-17)42(65)66)12-19(13)28(11-18)84(77,78)48-15-5-22(37(55)56)32(44(69)70)23(6-15)38(57)58/h1-12,47-50H,(H,51,52)(H,53,54)(H,55,56)(H,57,58)(H,59,60)(H,61,62)(H,63,64)(H,65,66)(H,67,68)(H,69,70)(H,71,72)(H,73,74). The minimum atomic E-state index is -6.10. The Hall–Kier alpha value is -11.8. The van der Waals surface area contributed by atoms with Crippen molar-refractivity contribution in [3.05, 3.63) is 140 Å². The van der Waals surface area contributed by atoms with E-state index in [-0.39, 0.29) is 72.8 Å². The molecule has 448 valence electrons. The van der Waals surface area contributed by atoms with Gasteiger partial charge in [0.2, 0.25) is 0 Å². The lowest BCUT2D eigenvalue weighted by Gasteiger charge is -2.19. The largest absolute Gasteiger partial charge is 0.478 e. The highest BCUT2D eigenvalue weighted by molar-refractivity contribution is 7.96. The van der Waals surface area contributed by atoms with Gasteiger partial charge in [-0.1, -0.05) is 0 Å². The van der Waals surface area contributed by atoms with Gasteiger partial charge in [0.15, 0.2) is 0 Å². The Morgan fingerprint density at radius 2 is 0.453 bits per heavy atom. The lowest BCUT2D eigenvalue weighted by Crippen LogP contribution is -2.23. The van der Waals surface area contributed by atoms with Crippen molar-refractivity contribution in [3.8, 4) is 0 Å². The van der Waals surface area contributed by atoms with Crippen LogP contribution in [0, 0.1) is 0 Å². The third kappa shape index (κ3) is 12.4. The topological polar surface area (TPSA) is 632 Å². The van der Waals surface area contributed by atoms with Crippen LogP contribution < -0.4 is 18.9 Å². The van der Waals surface area contributed by atoms with Gasteiger partial charge < -0.3 is 61.3 Å². The number of benzene rings is 6. The maximum Gasteiger partial charge on any atom is 0.337 e. The van der Waals surface area contributed by atoms with Crippen molar-refractivity contribution in [2.75, 3.05) is 18.9 Å². The molecule has 16 N–H and O–H groups in total. The first-order valence-corrected chi connectivity index (χ1v) is 27.7. The van der Waals surface area contributed by atoms with Gasteiger partial charge in [0, 0.05) is 5.39 Å². The average Bonchev–Trinajstić information content (AvgIpc) is 0.774. The van der Waals surface area contributed by atoms with Crippen molar-refractivity contribution in [1.82, 2.24) is 0 Å². The second kappa shape index (κ2) is 22.5. The number of carboxylic acid groups (broad SMARTS) is 12. The van der Waals surface area contributed by atoms with Gasteiger partial charge in [-0.3, -0.25) is 18.9 Å². The number of carboxylic acids is 12. The molecule has 0 aliphatic heterocycles. The number of sulfonamides is 4. The van der Waals surface area contributed by atoms with E-state index < -0.39 is 232 Å². The van der Waals surface area contributed by atoms with Crippen LogP contribution in [0.3, 0.4) is 0 Å². The highest BCUT2D eigenvalue weighted by Crippen LogP contribution is 2.38. The summed E-state index contributed by atoms with van der Waals surface area (Å²) in [5, 5.41) is 115. The smallest absolute Gasteiger partial charge is 0.337 e. The van der Waals surface area contributed by atoms with Crippen molar-refractivity contribution in [1.29, 1.82) is 0 Å². The monoisotopic (exact) mass is 1280 g/mol. The highest BCUT2D eigenvalue weighted by Gasteiger charge is 2.36. The van der Waals surface area contributed by atoms with Crippen LogP contribution in [0.1, 0.15) is 124 Å². The van der Waals surface area contributed by atoms with E-state index in [1.807, 2.05) is 0 Å². The zero-order chi connectivity index (χ0) is 64.9. The fraction of sp³-hybridized carbons (Fsp3) is 0. The fourth-order valence-electron chi connectivity index (χ4n) is 8.03. The molecule has 86 heavy (non-hydrogen) atoms. The van der Waals surface area contributed by atoms with Crippen molar-refractivity contribution in [2.45, 2.75) is 19.6 Å². The lowest BCUT2D eigenvalue weighted by molar-refractivity contribution is 0.0632. The molecule has 0 aromatic heterocycles. The summed E-state index contributed by atoms with van der Waals surface area (Å²) in [6.07, 6.45) is 0. The van der Waals surface area contributed by atoms with Gasteiger partial charge in [-0.25, -0.2) is 91.2 Å². The second-order valence-corrected chi connectivity index (χ2v) is 23.4. The van der Waals surface area contributed by atoms with Crippen LogP contribution >= 0.6 is 0 Å². The van der Waals surface area contributed by atoms with Gasteiger partial charge in [0.25, 0.3) is 40.1 Å². The number of hydrogen-bond acceptors (Lipinski definition) is 20. The number of aromatic carboxylic acids is 12. The molecule has 0 unspecified atom stereocenters. The Balaban J connectivity index is 1.80. The third-order valence-electron chi connectivity index (χ3n) is 11.4. The highest BCUT2D eigenvalue weighted by atomic mass is 32.2. The summed E-state index contributed by atoms with van der Waals surface area (Å²) < 4.78 is 124. The normalized spacial score (nSPS) is 11.6. The summed E-state index contributed by atoms with van der Waals surface area (Å²) in [6, 6.07) is 1.86. The minimum Gasteiger partial charge on any atom is -0.478 e. The maximum atomic E-state index is 14.8. The number of nitrogens with one attached hydrogen (secondary N) is 4. The summed E-state index contributed by atoms with van der Waals surface area (Å²) in [5.74, 6) is -26.6. The van der Waals surface area contributed by atoms with E-state index in [0.29, 0.717) is 0 Å². The molecular formula is C46H28N4O32S4. The average molecular weight is 1280 g/mol. The molecule has 0 heterocycles. The molecule has 6 aromatic rings. The van der Waals surface area contributed by atoms with Crippen LogP contribution in [0.25, 0.3) is 10.8 Å². The van der Waals surface area contributed by atoms with Crippen LogP contribution in [0.4, 0.5) is 22.7 Å². The van der Waals surface area contributed by atoms with E-state index in [9.17, 15) is 152 Å². The number of fused-ring (bicyclic) bond motifs is 1. The Morgan fingerprint density at radius 1 is 0.244 bits per heavy atom. The first kappa shape index (κ1) is 63.4. The van der Waals surface area contributed by atoms with Gasteiger partial charge >= 0.3 is 71.6 Å². The Kier molecular flexibility index (Phi) is 16.6. The second-order valence-electron chi connectivity index (χ2n) is 16.8. The van der Waals surface area contributed by atoms with E-state index in [2.05, 4.69) is 0 Å². The van der Waals surface area contributed by atoms with E-state index >= 15 is 0 Å². The molecule has 0 saturated carbocycles. The number of anilines is 4. The zero-order valence-electron chi connectivity index (χ0n) is 41.1. The van der Waals surface area contributed by atoms with E-state index in [4.69, 9.17) is 0 Å². The first-order chi connectivity index (χ1) is 39.5. The minimum absolute atomic E-state index is 0.00706. The molecule has 0 radical (unpaired) electrons. The molecule has 0 amide bonds. The molecule has 6 aromatic carbocycles. The SMILES string of the molecule is O=C(O)c1cc(NS(=O)(=O)c2cc(S(=O)(=O)Nc3cc(C(=O)O)c(C(=O)O)c(C(=O)O)c3)c3cc(S(=O)(=O)Nc4cc(C(=O)O)c(C(=O)O)c(C(=O)O)c4)c(S(=O)(=O)Nc4cc(C(=O)O)c(C(=O)O)c(C(=O)O)c4)cc3c2)cc(C(=O)O)c1C(=O)O. The van der Waals surface area contributed by atoms with Crippen LogP contribution in [0.5, 0.6) is 0 Å². The molecule has 0 aliphatic carbocycles. The van der Waals surface area contributed by atoms with E-state index in [1.54, 1.807) is 14.2 Å². The molecule has 0 fully saturated rings. The van der Waals surface area contributed by atoms with E-state index in [0.717, 1.165) is 0 Å². The molecule has 40 heteroatoms. The molecule has 0 atom stereocenters. The Bertz CT molecular complexity index is 4550. The summed E-state index contributed by atoms with van der Waals surface area (Å²) in [7, 11) is -23.9. The fourth-order valence-corrected chi connectivity index (χ4v) is 13.4. The number of hydrogen-bond donors (Lipinski definition) is 16. The molecule has 36 nitrogen and oxygen atoms in total. The number of rotatable bonds is 24. The Labute approximate surface area is 473 Å². The van der Waals surface area contributed by atoms with Crippen molar-refractivity contribution in [2.24, 2.45) is 0 Å². The van der Waals surface area contributed by atoms with Crippen LogP contribution in [0.15, 0.2) is 92.4 Å². The van der Waals surface area contributed by atoms with Crippen LogP contribution in [-0.2, 0) is 40.1 Å². The third-order valence-corrected chi connectivity index (χ3v) is 17.1. The molecule has 0 aliphatic rings.